The molecule has 1 aliphatic rings. The largest absolute Gasteiger partial charge is 0.379 e. The van der Waals surface area contributed by atoms with Crippen molar-refractivity contribution in [1.82, 2.24) is 10.2 Å². The molecular formula is C18H30N2O. The van der Waals surface area contributed by atoms with Crippen LogP contribution in [-0.4, -0.2) is 43.3 Å². The summed E-state index contributed by atoms with van der Waals surface area (Å²) in [5, 5.41) is 3.67. The molecule has 0 atom stereocenters. The number of rotatable bonds is 8. The number of nitrogens with one attached hydrogen (secondary N) is 1. The molecule has 0 aromatic heterocycles. The molecule has 2 rings (SSSR count). The van der Waals surface area contributed by atoms with Crippen LogP contribution in [0.25, 0.3) is 0 Å². The van der Waals surface area contributed by atoms with Gasteiger partial charge in [0.15, 0.2) is 0 Å². The van der Waals surface area contributed by atoms with E-state index in [0.29, 0.717) is 12.1 Å². The van der Waals surface area contributed by atoms with Crippen LogP contribution in [0, 0.1) is 0 Å². The Hall–Kier alpha value is -0.900. The van der Waals surface area contributed by atoms with Crippen molar-refractivity contribution < 1.29 is 4.74 Å². The fraction of sp³-hybridized carbons (Fsp3) is 0.667. The third-order valence-electron chi connectivity index (χ3n) is 4.04. The summed E-state index contributed by atoms with van der Waals surface area (Å²) in [6, 6.07) is 11.5. The lowest BCUT2D eigenvalue weighted by Gasteiger charge is -2.32. The van der Waals surface area contributed by atoms with Crippen LogP contribution in [0.15, 0.2) is 30.3 Å². The summed E-state index contributed by atoms with van der Waals surface area (Å²) in [5.41, 5.74) is 1.43. The smallest absolute Gasteiger partial charge is 0.0518 e. The first-order chi connectivity index (χ1) is 10.2. The molecule has 0 saturated carbocycles. The highest BCUT2D eigenvalue weighted by Gasteiger charge is 2.18. The summed E-state index contributed by atoms with van der Waals surface area (Å²) in [7, 11) is 0. The van der Waals surface area contributed by atoms with Gasteiger partial charge >= 0.3 is 0 Å². The maximum Gasteiger partial charge on any atom is 0.0518 e. The van der Waals surface area contributed by atoms with Crippen molar-refractivity contribution in [2.75, 3.05) is 26.2 Å². The minimum Gasteiger partial charge on any atom is -0.379 e. The second-order valence-electron chi connectivity index (χ2n) is 6.26. The third kappa shape index (κ3) is 6.60. The van der Waals surface area contributed by atoms with Gasteiger partial charge in [-0.3, -0.25) is 4.90 Å². The van der Waals surface area contributed by atoms with Crippen molar-refractivity contribution in [3.8, 4) is 0 Å². The Labute approximate surface area is 129 Å². The number of likely N-dealkylation sites (tertiary alicyclic amines) is 1. The van der Waals surface area contributed by atoms with Crippen molar-refractivity contribution in [2.45, 2.75) is 51.8 Å². The minimum atomic E-state index is 0.353. The van der Waals surface area contributed by atoms with E-state index in [1.807, 2.05) is 0 Å². The molecular weight excluding hydrogens is 260 g/mol. The van der Waals surface area contributed by atoms with Crippen molar-refractivity contribution >= 4 is 0 Å². The Morgan fingerprint density at radius 1 is 1.19 bits per heavy atom. The number of hydrogen-bond donors (Lipinski definition) is 1. The molecule has 21 heavy (non-hydrogen) atoms. The molecule has 3 nitrogen and oxygen atoms in total. The molecule has 1 heterocycles. The standard InChI is InChI=1S/C18H30N2O/c1-16(2)21-14-6-11-19-18-9-12-20(13-10-18)15-17-7-4-3-5-8-17/h3-5,7-8,16,18-19H,6,9-15H2,1-2H3. The van der Waals surface area contributed by atoms with Gasteiger partial charge in [0.2, 0.25) is 0 Å². The van der Waals surface area contributed by atoms with Crippen LogP contribution in [0.2, 0.25) is 0 Å². The number of nitrogens with zero attached hydrogens (tertiary/aromatic N) is 1. The van der Waals surface area contributed by atoms with Gasteiger partial charge in [-0.25, -0.2) is 0 Å². The zero-order valence-electron chi connectivity index (χ0n) is 13.6. The molecule has 3 heteroatoms. The Morgan fingerprint density at radius 3 is 2.57 bits per heavy atom. The lowest BCUT2D eigenvalue weighted by molar-refractivity contribution is 0.0760. The number of benzene rings is 1. The first-order valence-corrected chi connectivity index (χ1v) is 8.35. The van der Waals surface area contributed by atoms with Crippen LogP contribution in [-0.2, 0) is 11.3 Å². The fourth-order valence-corrected chi connectivity index (χ4v) is 2.83. The monoisotopic (exact) mass is 290 g/mol. The molecule has 0 unspecified atom stereocenters. The van der Waals surface area contributed by atoms with Gasteiger partial charge in [0.25, 0.3) is 0 Å². The fourth-order valence-electron chi connectivity index (χ4n) is 2.83. The average molecular weight is 290 g/mol. The summed E-state index contributed by atoms with van der Waals surface area (Å²) in [5.74, 6) is 0. The van der Waals surface area contributed by atoms with Crippen LogP contribution in [0.5, 0.6) is 0 Å². The number of hydrogen-bond acceptors (Lipinski definition) is 3. The van der Waals surface area contributed by atoms with Crippen molar-refractivity contribution in [1.29, 1.82) is 0 Å². The molecule has 118 valence electrons. The Balaban J connectivity index is 1.56. The van der Waals surface area contributed by atoms with Crippen molar-refractivity contribution in [3.63, 3.8) is 0 Å². The van der Waals surface area contributed by atoms with Gasteiger partial charge in [0, 0.05) is 19.2 Å². The molecule has 1 aromatic carbocycles. The van der Waals surface area contributed by atoms with E-state index in [1.54, 1.807) is 0 Å². The van der Waals surface area contributed by atoms with Crippen LogP contribution < -0.4 is 5.32 Å². The van der Waals surface area contributed by atoms with E-state index in [9.17, 15) is 0 Å². The first kappa shape index (κ1) is 16.5. The van der Waals surface area contributed by atoms with Crippen LogP contribution >= 0.6 is 0 Å². The SMILES string of the molecule is CC(C)OCCCNC1CCN(Cc2ccccc2)CC1. The zero-order valence-corrected chi connectivity index (χ0v) is 13.6. The summed E-state index contributed by atoms with van der Waals surface area (Å²) in [6.45, 7) is 9.64. The van der Waals surface area contributed by atoms with Gasteiger partial charge in [0.05, 0.1) is 6.10 Å². The van der Waals surface area contributed by atoms with E-state index in [2.05, 4.69) is 54.4 Å². The maximum atomic E-state index is 5.57. The lowest BCUT2D eigenvalue weighted by Crippen LogP contribution is -2.42. The van der Waals surface area contributed by atoms with Gasteiger partial charge in [0.1, 0.15) is 0 Å². The molecule has 0 aliphatic carbocycles. The van der Waals surface area contributed by atoms with E-state index in [4.69, 9.17) is 4.74 Å². The van der Waals surface area contributed by atoms with Gasteiger partial charge in [-0.05, 0) is 58.3 Å². The lowest BCUT2D eigenvalue weighted by atomic mass is 10.0. The summed E-state index contributed by atoms with van der Waals surface area (Å²) in [6.07, 6.45) is 3.99. The molecule has 0 amide bonds. The summed E-state index contributed by atoms with van der Waals surface area (Å²) >= 11 is 0. The topological polar surface area (TPSA) is 24.5 Å². The molecule has 1 saturated heterocycles. The second-order valence-corrected chi connectivity index (χ2v) is 6.26. The van der Waals surface area contributed by atoms with E-state index in [-0.39, 0.29) is 0 Å². The predicted octanol–water partition coefficient (Wildman–Crippen LogP) is 3.06. The highest BCUT2D eigenvalue weighted by molar-refractivity contribution is 5.14. The van der Waals surface area contributed by atoms with Gasteiger partial charge < -0.3 is 10.1 Å². The van der Waals surface area contributed by atoms with Crippen LogP contribution in [0.1, 0.15) is 38.7 Å². The molecule has 1 aromatic rings. The van der Waals surface area contributed by atoms with E-state index >= 15 is 0 Å². The predicted molar refractivity (Wildman–Crippen MR) is 88.4 cm³/mol. The Kier molecular flexibility index (Phi) is 7.20. The van der Waals surface area contributed by atoms with Gasteiger partial charge in [-0.1, -0.05) is 30.3 Å². The quantitative estimate of drug-likeness (QED) is 0.745. The van der Waals surface area contributed by atoms with Crippen LogP contribution in [0.3, 0.4) is 0 Å². The Morgan fingerprint density at radius 2 is 1.90 bits per heavy atom. The molecule has 1 aliphatic heterocycles. The van der Waals surface area contributed by atoms with Crippen LogP contribution in [0.4, 0.5) is 0 Å². The highest BCUT2D eigenvalue weighted by Crippen LogP contribution is 2.13. The van der Waals surface area contributed by atoms with E-state index < -0.39 is 0 Å². The molecule has 0 spiro atoms. The molecule has 0 radical (unpaired) electrons. The molecule has 1 N–H and O–H groups in total. The van der Waals surface area contributed by atoms with Crippen molar-refractivity contribution in [3.05, 3.63) is 35.9 Å². The molecule has 0 bridgehead atoms. The second kappa shape index (κ2) is 9.19. The number of piperidine rings is 1. The summed E-state index contributed by atoms with van der Waals surface area (Å²) in [4.78, 5) is 2.56. The van der Waals surface area contributed by atoms with Crippen molar-refractivity contribution in [2.24, 2.45) is 0 Å². The van der Waals surface area contributed by atoms with E-state index in [1.165, 1.54) is 31.5 Å². The van der Waals surface area contributed by atoms with Gasteiger partial charge in [-0.2, -0.15) is 0 Å². The normalized spacial score (nSPS) is 17.5. The molecule has 1 fully saturated rings. The Bertz CT molecular complexity index is 372. The number of ether oxygens (including phenoxy) is 1. The maximum absolute atomic E-state index is 5.57. The van der Waals surface area contributed by atoms with Gasteiger partial charge in [-0.15, -0.1) is 0 Å². The minimum absolute atomic E-state index is 0.353. The third-order valence-corrected chi connectivity index (χ3v) is 4.04. The highest BCUT2D eigenvalue weighted by atomic mass is 16.5. The van der Waals surface area contributed by atoms with E-state index in [0.717, 1.165) is 26.1 Å². The first-order valence-electron chi connectivity index (χ1n) is 8.35. The zero-order chi connectivity index (χ0) is 14.9. The average Bonchev–Trinajstić information content (AvgIpc) is 2.49. The summed E-state index contributed by atoms with van der Waals surface area (Å²) < 4.78 is 5.57.